The number of nitrogens with one attached hydrogen (secondary N) is 1. The Morgan fingerprint density at radius 3 is 1.54 bits per heavy atom. The lowest BCUT2D eigenvalue weighted by atomic mass is 10.1. The summed E-state index contributed by atoms with van der Waals surface area (Å²) in [7, 11) is -3.88. The van der Waals surface area contributed by atoms with E-state index < -0.39 is 10.0 Å². The smallest absolute Gasteiger partial charge is 0.256 e. The van der Waals surface area contributed by atoms with Gasteiger partial charge in [-0.05, 0) is 54.6 Å². The highest BCUT2D eigenvalue weighted by atomic mass is 35.5. The quantitative estimate of drug-likeness (QED) is 0.148. The summed E-state index contributed by atoms with van der Waals surface area (Å²) in [5.41, 5.74) is 4.73. The maximum absolute atomic E-state index is 12.8. The molecule has 0 spiro atoms. The number of hydrogen-bond donors (Lipinski definition) is 1. The van der Waals surface area contributed by atoms with E-state index in [0.29, 0.717) is 28.3 Å². The highest BCUT2D eigenvalue weighted by Gasteiger charge is 2.21. The predicted molar refractivity (Wildman–Crippen MR) is 207 cm³/mol. The molecule has 0 aliphatic rings. The molecule has 0 radical (unpaired) electrons. The number of sulfonamides is 1. The second-order valence-corrected chi connectivity index (χ2v) is 14.5. The Hall–Kier alpha value is -5.18. The summed E-state index contributed by atoms with van der Waals surface area (Å²) in [4.78, 5) is 34.4. The molecule has 0 fully saturated rings. The lowest BCUT2D eigenvalue weighted by Crippen LogP contribution is -2.13. The monoisotopic (exact) mass is 785 g/mol. The van der Waals surface area contributed by atoms with Crippen molar-refractivity contribution < 1.29 is 8.42 Å². The van der Waals surface area contributed by atoms with Gasteiger partial charge in [-0.25, -0.2) is 48.3 Å². The number of nitrogens with zero attached hydrogens (tertiary/aromatic N) is 8. The zero-order chi connectivity index (χ0) is 36.7. The van der Waals surface area contributed by atoms with Crippen LogP contribution in [0.4, 0.5) is 5.82 Å². The minimum atomic E-state index is -3.88. The van der Waals surface area contributed by atoms with Crippen molar-refractivity contribution in [2.75, 3.05) is 4.72 Å². The van der Waals surface area contributed by atoms with Gasteiger partial charge in [0.25, 0.3) is 10.0 Å². The molecule has 7 rings (SSSR count). The van der Waals surface area contributed by atoms with Crippen molar-refractivity contribution >= 4 is 68.1 Å². The first kappa shape index (κ1) is 36.6. The molecule has 1 N–H and O–H groups in total. The fourth-order valence-electron chi connectivity index (χ4n) is 4.59. The van der Waals surface area contributed by atoms with E-state index in [1.165, 1.54) is 17.4 Å². The summed E-state index contributed by atoms with van der Waals surface area (Å²) in [6.07, 6.45) is 7.83. The van der Waals surface area contributed by atoms with Crippen LogP contribution in [0.2, 0.25) is 15.5 Å². The number of aryl methyl sites for hydroxylation is 2. The van der Waals surface area contributed by atoms with Gasteiger partial charge in [0, 0.05) is 29.7 Å². The van der Waals surface area contributed by atoms with E-state index in [2.05, 4.69) is 44.6 Å². The van der Waals surface area contributed by atoms with Crippen molar-refractivity contribution in [3.8, 4) is 45.6 Å². The largest absolute Gasteiger partial charge is 0.263 e. The molecule has 0 saturated carbocycles. The van der Waals surface area contributed by atoms with Crippen molar-refractivity contribution in [2.45, 2.75) is 13.8 Å². The fourth-order valence-corrected chi connectivity index (χ4v) is 6.99. The maximum atomic E-state index is 12.8. The zero-order valence-electron chi connectivity index (χ0n) is 27.3. The molecule has 260 valence electrons. The van der Waals surface area contributed by atoms with E-state index in [0.717, 1.165) is 27.0 Å². The number of hydrogen-bond acceptors (Lipinski definition) is 11. The number of rotatable bonds is 8. The SMILES string of the molecule is Cc1ccc(-c2c(Cl)nc(-c3ncccn3)nc2Cl)cc1.Cc1ccc(-c2c(Cl)nc(-c3ncccn3)nc2NS(=O)(=O)/C=C/c2cccs2)cc1. The zero-order valence-corrected chi connectivity index (χ0v) is 31.2. The topological polar surface area (TPSA) is 149 Å². The molecule has 7 aromatic rings. The minimum Gasteiger partial charge on any atom is -0.263 e. The Morgan fingerprint density at radius 1 is 0.596 bits per heavy atom. The van der Waals surface area contributed by atoms with E-state index in [9.17, 15) is 8.42 Å². The Morgan fingerprint density at radius 2 is 1.06 bits per heavy atom. The van der Waals surface area contributed by atoms with Gasteiger partial charge in [-0.3, -0.25) is 4.72 Å². The Bertz CT molecular complexity index is 2410. The molecule has 0 atom stereocenters. The highest BCUT2D eigenvalue weighted by molar-refractivity contribution is 7.95. The number of thiophene rings is 1. The Kier molecular flexibility index (Phi) is 11.6. The molecule has 11 nitrogen and oxygen atoms in total. The van der Waals surface area contributed by atoms with E-state index in [1.807, 2.05) is 79.9 Å². The Labute approximate surface area is 318 Å². The third-order valence-corrected chi connectivity index (χ3v) is 9.72. The number of halogens is 3. The van der Waals surface area contributed by atoms with Gasteiger partial charge < -0.3 is 0 Å². The average molecular weight is 787 g/mol. The summed E-state index contributed by atoms with van der Waals surface area (Å²) < 4.78 is 28.0. The first-order chi connectivity index (χ1) is 25.1. The fraction of sp³-hybridized carbons (Fsp3) is 0.0556. The van der Waals surface area contributed by atoms with Gasteiger partial charge in [-0.1, -0.05) is 101 Å². The second-order valence-electron chi connectivity index (χ2n) is 10.9. The molecular formula is C36H26Cl3N9O2S2. The maximum Gasteiger partial charge on any atom is 0.256 e. The molecule has 0 aliphatic carbocycles. The van der Waals surface area contributed by atoms with Gasteiger partial charge in [0.15, 0.2) is 17.5 Å². The molecule has 2 aromatic carbocycles. The molecule has 0 saturated heterocycles. The average Bonchev–Trinajstić information content (AvgIpc) is 3.67. The van der Waals surface area contributed by atoms with Gasteiger partial charge in [0.1, 0.15) is 15.5 Å². The number of benzene rings is 2. The second kappa shape index (κ2) is 16.4. The van der Waals surface area contributed by atoms with Gasteiger partial charge in [-0.15, -0.1) is 11.3 Å². The minimum absolute atomic E-state index is 0.0436. The molecule has 5 heterocycles. The van der Waals surface area contributed by atoms with E-state index in [-0.39, 0.29) is 32.9 Å². The van der Waals surface area contributed by atoms with E-state index >= 15 is 0 Å². The van der Waals surface area contributed by atoms with Crippen molar-refractivity contribution in [2.24, 2.45) is 0 Å². The van der Waals surface area contributed by atoms with Gasteiger partial charge in [-0.2, -0.15) is 0 Å². The third kappa shape index (κ3) is 9.18. The van der Waals surface area contributed by atoms with Gasteiger partial charge in [0.05, 0.1) is 16.5 Å². The molecule has 0 bridgehead atoms. The highest BCUT2D eigenvalue weighted by Crippen LogP contribution is 2.36. The number of anilines is 1. The third-order valence-electron chi connectivity index (χ3n) is 7.09. The van der Waals surface area contributed by atoms with Crippen LogP contribution in [0.15, 0.2) is 108 Å². The van der Waals surface area contributed by atoms with E-state index in [4.69, 9.17) is 34.8 Å². The van der Waals surface area contributed by atoms with Crippen LogP contribution in [0.1, 0.15) is 16.0 Å². The van der Waals surface area contributed by atoms with Crippen LogP contribution in [-0.2, 0) is 10.0 Å². The molecule has 0 unspecified atom stereocenters. The van der Waals surface area contributed by atoms with Crippen molar-refractivity contribution in [1.29, 1.82) is 0 Å². The normalized spacial score (nSPS) is 11.2. The summed E-state index contributed by atoms with van der Waals surface area (Å²) in [5.74, 6) is 1.08. The molecule has 0 aliphatic heterocycles. The lowest BCUT2D eigenvalue weighted by molar-refractivity contribution is 0.609. The molecule has 52 heavy (non-hydrogen) atoms. The van der Waals surface area contributed by atoms with Crippen LogP contribution >= 0.6 is 46.1 Å². The standard InChI is InChI=1S/C21H16ClN5O2S2.C15H10Cl2N4/c1-14-5-7-15(8-6-14)17-18(22)25-21(20-23-10-3-11-24-20)26-19(17)27-31(28,29)13-9-16-4-2-12-30-16;1-9-3-5-10(6-4-9)11-12(16)20-15(21-13(11)17)14-18-7-2-8-19-14/h2-13H,1H3,(H,25,26,27);2-8H,1H3/b13-9+;. The summed E-state index contributed by atoms with van der Waals surface area (Å²) >= 11 is 20.5. The summed E-state index contributed by atoms with van der Waals surface area (Å²) in [6.45, 7) is 3.97. The van der Waals surface area contributed by atoms with Crippen molar-refractivity contribution in [3.05, 3.63) is 140 Å². The summed E-state index contributed by atoms with van der Waals surface area (Å²) in [5, 5.41) is 3.60. The van der Waals surface area contributed by atoms with Crippen LogP contribution < -0.4 is 4.72 Å². The predicted octanol–water partition coefficient (Wildman–Crippen LogP) is 9.25. The van der Waals surface area contributed by atoms with Gasteiger partial charge >= 0.3 is 0 Å². The van der Waals surface area contributed by atoms with Crippen molar-refractivity contribution in [3.63, 3.8) is 0 Å². The molecule has 16 heteroatoms. The summed E-state index contributed by atoms with van der Waals surface area (Å²) in [6, 6.07) is 22.3. The Balaban J connectivity index is 0.000000192. The molecule has 5 aromatic heterocycles. The van der Waals surface area contributed by atoms with Crippen LogP contribution in [0.25, 0.3) is 51.6 Å². The number of aromatic nitrogens is 8. The van der Waals surface area contributed by atoms with Crippen LogP contribution in [0, 0.1) is 13.8 Å². The molecule has 0 amide bonds. The first-order valence-electron chi connectivity index (χ1n) is 15.3. The van der Waals surface area contributed by atoms with Gasteiger partial charge in [0.2, 0.25) is 11.6 Å². The van der Waals surface area contributed by atoms with Crippen LogP contribution in [0.5, 0.6) is 0 Å². The van der Waals surface area contributed by atoms with Crippen molar-refractivity contribution in [1.82, 2.24) is 39.9 Å². The van der Waals surface area contributed by atoms with Crippen LogP contribution in [0.3, 0.4) is 0 Å². The van der Waals surface area contributed by atoms with E-state index in [1.54, 1.807) is 36.9 Å². The lowest BCUT2D eigenvalue weighted by Gasteiger charge is -2.13. The van der Waals surface area contributed by atoms with Crippen LogP contribution in [-0.4, -0.2) is 48.3 Å². The first-order valence-corrected chi connectivity index (χ1v) is 18.9. The molecular weight excluding hydrogens is 761 g/mol.